The molecule has 0 saturated carbocycles. The van der Waals surface area contributed by atoms with E-state index in [4.69, 9.17) is 0 Å². The number of aromatic nitrogens is 2. The predicted octanol–water partition coefficient (Wildman–Crippen LogP) is 20.7. The Labute approximate surface area is 468 Å². The molecule has 12 aromatic carbocycles. The summed E-state index contributed by atoms with van der Waals surface area (Å²) in [7, 11) is 0. The van der Waals surface area contributed by atoms with Crippen molar-refractivity contribution < 1.29 is 0 Å². The zero-order valence-corrected chi connectivity index (χ0v) is 44.5. The molecule has 4 nitrogen and oxygen atoms in total. The molecule has 0 bridgehead atoms. The molecule has 0 aliphatic rings. The van der Waals surface area contributed by atoms with Crippen LogP contribution in [-0.2, 0) is 0 Å². The Hall–Kier alpha value is -10.3. The second-order valence-corrected chi connectivity index (χ2v) is 22.6. The zero-order chi connectivity index (χ0) is 53.0. The molecule has 0 amide bonds. The molecule has 80 heavy (non-hydrogen) atoms. The van der Waals surface area contributed by atoms with Crippen molar-refractivity contribution >= 4 is 107 Å². The lowest BCUT2D eigenvalue weighted by molar-refractivity contribution is 1.13. The van der Waals surface area contributed by atoms with Crippen LogP contribution in [0.5, 0.6) is 0 Å². The highest BCUT2D eigenvalue weighted by molar-refractivity contribution is 7.27. The Morgan fingerprint density at radius 1 is 0.275 bits per heavy atom. The standard InChI is InChI=1S/C74H42N4S2/c75-43-61-67(51-26-16-24-48(40-51)45-18-4-1-5-19-45)62(44-76)70(68(52-27-17-25-49(41-52)46-20-6-2-7-21-46)69(61)77-63-31-13-10-28-53(63)54-29-11-14-32-64(54)77)78-71-56(35-37-58-55-30-12-15-33-65(55)79-73(58)71)57-36-38-59-60-42-50(47-22-8-3-9-23-47)34-39-66(60)80-74(59)72(57)78/h1-42H. The van der Waals surface area contributed by atoms with E-state index in [2.05, 4.69) is 264 Å². The van der Waals surface area contributed by atoms with Gasteiger partial charge in [-0.15, -0.1) is 22.7 Å². The van der Waals surface area contributed by atoms with E-state index in [1.54, 1.807) is 22.7 Å². The lowest BCUT2D eigenvalue weighted by Crippen LogP contribution is -2.11. The first-order chi connectivity index (χ1) is 39.6. The number of fused-ring (bicyclic) bond motifs is 14. The third kappa shape index (κ3) is 6.84. The van der Waals surface area contributed by atoms with Gasteiger partial charge in [-0.05, 0) is 87.0 Å². The summed E-state index contributed by atoms with van der Waals surface area (Å²) in [5.41, 5.74) is 15.7. The molecule has 0 N–H and O–H groups in total. The summed E-state index contributed by atoms with van der Waals surface area (Å²) >= 11 is 3.60. The molecule has 0 radical (unpaired) electrons. The SMILES string of the molecule is N#Cc1c(-c2cccc(-c3ccccc3)c2)c(C#N)c(-n2c3c(ccc4c5ccccc5sc43)c3ccc4c5cc(-c6ccccc6)ccc5sc4c32)c(-c2cccc(-c3ccccc3)c2)c1-n1c2ccccc2c2ccccc21. The van der Waals surface area contributed by atoms with Gasteiger partial charge in [-0.2, -0.15) is 10.5 Å². The first kappa shape index (κ1) is 45.8. The van der Waals surface area contributed by atoms with Crippen molar-refractivity contribution in [1.29, 1.82) is 10.5 Å². The molecule has 0 aliphatic heterocycles. The fourth-order valence-corrected chi connectivity index (χ4v) is 15.2. The molecule has 0 aliphatic carbocycles. The molecule has 0 spiro atoms. The lowest BCUT2D eigenvalue weighted by atomic mass is 9.85. The van der Waals surface area contributed by atoms with Crippen LogP contribution in [0.2, 0.25) is 0 Å². The van der Waals surface area contributed by atoms with E-state index >= 15 is 0 Å². The van der Waals surface area contributed by atoms with Crippen molar-refractivity contribution in [3.63, 3.8) is 0 Å². The summed E-state index contributed by atoms with van der Waals surface area (Å²) in [4.78, 5) is 0. The third-order valence-corrected chi connectivity index (χ3v) is 18.6. The highest BCUT2D eigenvalue weighted by atomic mass is 32.1. The second kappa shape index (κ2) is 18.1. The zero-order valence-electron chi connectivity index (χ0n) is 42.9. The van der Waals surface area contributed by atoms with Crippen LogP contribution in [0.15, 0.2) is 255 Å². The third-order valence-electron chi connectivity index (χ3n) is 16.2. The Balaban J connectivity index is 1.18. The number of rotatable bonds is 7. The maximum atomic E-state index is 12.6. The van der Waals surface area contributed by atoms with Crippen molar-refractivity contribution in [2.24, 2.45) is 0 Å². The maximum absolute atomic E-state index is 12.6. The smallest absolute Gasteiger partial charge is 0.102 e. The molecular weight excluding hydrogens is 1010 g/mol. The van der Waals surface area contributed by atoms with Gasteiger partial charge in [0.2, 0.25) is 0 Å². The first-order valence-corrected chi connectivity index (χ1v) is 28.4. The average molecular weight is 1050 g/mol. The van der Waals surface area contributed by atoms with Gasteiger partial charge in [-0.3, -0.25) is 0 Å². The molecule has 0 fully saturated rings. The number of para-hydroxylation sites is 2. The van der Waals surface area contributed by atoms with E-state index in [0.717, 1.165) is 114 Å². The lowest BCUT2D eigenvalue weighted by Gasteiger charge is -2.26. The number of thiophene rings is 2. The minimum absolute atomic E-state index is 0.412. The summed E-state index contributed by atoms with van der Waals surface area (Å²) in [5.74, 6) is 0. The van der Waals surface area contributed by atoms with Gasteiger partial charge in [0.25, 0.3) is 0 Å². The highest BCUT2D eigenvalue weighted by Gasteiger charge is 2.33. The van der Waals surface area contributed by atoms with Gasteiger partial charge in [-0.25, -0.2) is 0 Å². The first-order valence-electron chi connectivity index (χ1n) is 26.8. The van der Waals surface area contributed by atoms with Crippen LogP contribution in [0.25, 0.3) is 151 Å². The summed E-state index contributed by atoms with van der Waals surface area (Å²) in [6.45, 7) is 0. The molecule has 4 aromatic heterocycles. The van der Waals surface area contributed by atoms with Gasteiger partial charge in [0.15, 0.2) is 0 Å². The van der Waals surface area contributed by atoms with Gasteiger partial charge >= 0.3 is 0 Å². The Bertz CT molecular complexity index is 5260. The van der Waals surface area contributed by atoms with Gasteiger partial charge in [0, 0.05) is 63.6 Å². The minimum Gasteiger partial charge on any atom is -0.307 e. The summed E-state index contributed by atoms with van der Waals surface area (Å²) in [6.07, 6.45) is 0. The van der Waals surface area contributed by atoms with E-state index in [9.17, 15) is 10.5 Å². The van der Waals surface area contributed by atoms with Crippen molar-refractivity contribution in [3.05, 3.63) is 266 Å². The highest BCUT2D eigenvalue weighted by Crippen LogP contribution is 2.53. The monoisotopic (exact) mass is 1050 g/mol. The Morgan fingerprint density at radius 2 is 0.675 bits per heavy atom. The van der Waals surface area contributed by atoms with Crippen molar-refractivity contribution in [3.8, 4) is 79.1 Å². The predicted molar refractivity (Wildman–Crippen MR) is 338 cm³/mol. The van der Waals surface area contributed by atoms with Crippen LogP contribution < -0.4 is 0 Å². The summed E-state index contributed by atoms with van der Waals surface area (Å²) in [5, 5.41) is 33.9. The van der Waals surface area contributed by atoms with Crippen LogP contribution in [0.4, 0.5) is 0 Å². The minimum atomic E-state index is 0.412. The van der Waals surface area contributed by atoms with E-state index < -0.39 is 0 Å². The van der Waals surface area contributed by atoms with Crippen LogP contribution in [-0.4, -0.2) is 9.13 Å². The second-order valence-electron chi connectivity index (χ2n) is 20.5. The Morgan fingerprint density at radius 3 is 1.21 bits per heavy atom. The number of hydrogen-bond acceptors (Lipinski definition) is 4. The fourth-order valence-electron chi connectivity index (χ4n) is 12.7. The van der Waals surface area contributed by atoms with E-state index in [0.29, 0.717) is 28.1 Å². The number of hydrogen-bond donors (Lipinski definition) is 0. The summed E-state index contributed by atoms with van der Waals surface area (Å²) < 4.78 is 9.39. The molecular formula is C74H42N4S2. The number of nitrogens with zero attached hydrogens (tertiary/aromatic N) is 4. The maximum Gasteiger partial charge on any atom is 0.102 e. The van der Waals surface area contributed by atoms with E-state index in [-0.39, 0.29) is 0 Å². The van der Waals surface area contributed by atoms with Gasteiger partial charge in [0.05, 0.1) is 54.0 Å². The van der Waals surface area contributed by atoms with Crippen molar-refractivity contribution in [1.82, 2.24) is 9.13 Å². The van der Waals surface area contributed by atoms with Gasteiger partial charge in [-0.1, -0.05) is 212 Å². The molecule has 6 heteroatoms. The number of benzene rings is 12. The molecule has 4 heterocycles. The molecule has 370 valence electrons. The topological polar surface area (TPSA) is 57.4 Å². The van der Waals surface area contributed by atoms with Crippen LogP contribution in [0, 0.1) is 22.7 Å². The largest absolute Gasteiger partial charge is 0.307 e. The fraction of sp³-hybridized carbons (Fsp3) is 0. The van der Waals surface area contributed by atoms with Crippen LogP contribution in [0.3, 0.4) is 0 Å². The van der Waals surface area contributed by atoms with Crippen LogP contribution >= 0.6 is 22.7 Å². The van der Waals surface area contributed by atoms with Gasteiger partial charge in [0.1, 0.15) is 12.1 Å². The van der Waals surface area contributed by atoms with Crippen LogP contribution in [0.1, 0.15) is 11.1 Å². The summed E-state index contributed by atoms with van der Waals surface area (Å²) in [6, 6.07) is 96.1. The quantitative estimate of drug-likeness (QED) is 0.160. The number of nitriles is 2. The van der Waals surface area contributed by atoms with E-state index in [1.807, 2.05) is 12.1 Å². The van der Waals surface area contributed by atoms with E-state index in [1.165, 1.54) is 20.2 Å². The van der Waals surface area contributed by atoms with Crippen molar-refractivity contribution in [2.45, 2.75) is 0 Å². The molecule has 0 saturated heterocycles. The molecule has 0 atom stereocenters. The van der Waals surface area contributed by atoms with Gasteiger partial charge < -0.3 is 9.13 Å². The van der Waals surface area contributed by atoms with Crippen molar-refractivity contribution in [2.75, 3.05) is 0 Å². The molecule has 0 unspecified atom stereocenters. The normalized spacial score (nSPS) is 11.7. The average Bonchev–Trinajstić information content (AvgIpc) is 4.46. The molecule has 16 aromatic rings. The molecule has 16 rings (SSSR count). The Kier molecular flexibility index (Phi) is 10.4.